The van der Waals surface area contributed by atoms with Crippen LogP contribution in [-0.2, 0) is 34.6 Å². The van der Waals surface area contributed by atoms with Gasteiger partial charge in [-0.05, 0) is 66.2 Å². The third-order valence-corrected chi connectivity index (χ3v) is 14.7. The molecule has 0 aromatic heterocycles. The average Bonchev–Trinajstić information content (AvgIpc) is 3.10. The predicted molar refractivity (Wildman–Crippen MR) is 170 cm³/mol. The Bertz CT molecular complexity index is 1270. The van der Waals surface area contributed by atoms with Gasteiger partial charge in [0.05, 0.1) is 0 Å². The van der Waals surface area contributed by atoms with Crippen LogP contribution in [0.3, 0.4) is 0 Å². The summed E-state index contributed by atoms with van der Waals surface area (Å²) in [6.07, 6.45) is 11.4. The van der Waals surface area contributed by atoms with E-state index < -0.39 is 8.07 Å². The van der Waals surface area contributed by atoms with Crippen LogP contribution in [0.5, 0.6) is 0 Å². The quantitative estimate of drug-likeness (QED) is 0.152. The molecule has 0 saturated carbocycles. The Morgan fingerprint density at radius 3 is 1.36 bits per heavy atom. The minimum absolute atomic E-state index is 0. The molecule has 42 heavy (non-hydrogen) atoms. The van der Waals surface area contributed by atoms with Crippen molar-refractivity contribution in [3.63, 3.8) is 0 Å². The van der Waals surface area contributed by atoms with Gasteiger partial charge in [0.25, 0.3) is 0 Å². The summed E-state index contributed by atoms with van der Waals surface area (Å²) in [7, 11) is -2.62. The number of aryl methyl sites for hydroxylation is 4. The van der Waals surface area contributed by atoms with Gasteiger partial charge in [-0.3, -0.25) is 6.08 Å². The monoisotopic (exact) mass is 672 g/mol. The van der Waals surface area contributed by atoms with E-state index >= 15 is 0 Å². The van der Waals surface area contributed by atoms with Crippen molar-refractivity contribution in [2.45, 2.75) is 99.0 Å². The van der Waals surface area contributed by atoms with Crippen molar-refractivity contribution in [1.82, 2.24) is 0 Å². The summed E-state index contributed by atoms with van der Waals surface area (Å²) in [6, 6.07) is 26.8. The fourth-order valence-electron chi connectivity index (χ4n) is 6.76. The molecule has 1 aliphatic carbocycles. The zero-order valence-electron chi connectivity index (χ0n) is 26.7. The molecule has 1 atom stereocenters. The Morgan fingerprint density at radius 2 is 1.02 bits per heavy atom. The molecule has 0 amide bonds. The van der Waals surface area contributed by atoms with E-state index in [1.165, 1.54) is 80.2 Å². The van der Waals surface area contributed by atoms with E-state index in [1.807, 2.05) is 0 Å². The van der Waals surface area contributed by atoms with Crippen LogP contribution in [0.4, 0.5) is 0 Å². The summed E-state index contributed by atoms with van der Waals surface area (Å²) in [5.41, 5.74) is 9.78. The average molecular weight is 674 g/mol. The third kappa shape index (κ3) is 7.77. The normalized spacial score (nSPS) is 16.0. The van der Waals surface area contributed by atoms with Crippen LogP contribution in [0, 0.1) is 19.9 Å². The smallest absolute Gasteiger partial charge is 1.00 e. The zero-order chi connectivity index (χ0) is 27.5. The maximum Gasteiger partial charge on any atom is 4.00 e. The molecule has 0 spiro atoms. The molecular weight excluding hydrogens is 627 g/mol. The molecule has 0 nitrogen and oxygen atoms in total. The molecule has 1 unspecified atom stereocenters. The van der Waals surface area contributed by atoms with Crippen LogP contribution in [-0.4, -0.2) is 8.07 Å². The van der Waals surface area contributed by atoms with Gasteiger partial charge >= 0.3 is 21.7 Å². The standard InChI is InChI=1S/C37H47Si.3ClH.Ti/c1-9-11-13-32-15-19-34(20-16-32)38(36-24-27(3)23-28(4)25-36,37(8)26-29(5)30(6)31(37)7)35-21-17-33(18-22-35)14-12-10-2;;;;/h15-25H,9-14H2,1-8H3;3*1H;/q-1;;;;+4/p-3. The second-order valence-electron chi connectivity index (χ2n) is 11.9. The van der Waals surface area contributed by atoms with E-state index in [-0.39, 0.29) is 64.0 Å². The van der Waals surface area contributed by atoms with Crippen LogP contribution in [0.25, 0.3) is 0 Å². The first-order valence-electron chi connectivity index (χ1n) is 14.7. The fraction of sp³-hybridized carbons (Fsp3) is 0.405. The van der Waals surface area contributed by atoms with Gasteiger partial charge in [-0.1, -0.05) is 130 Å². The maximum atomic E-state index is 4.11. The van der Waals surface area contributed by atoms with Crippen molar-refractivity contribution in [1.29, 1.82) is 0 Å². The molecule has 5 heteroatoms. The van der Waals surface area contributed by atoms with Gasteiger partial charge in [0.2, 0.25) is 0 Å². The Labute approximate surface area is 291 Å². The molecule has 0 N–H and O–H groups in total. The van der Waals surface area contributed by atoms with Crippen molar-refractivity contribution in [3.8, 4) is 0 Å². The molecule has 1 aliphatic rings. The molecule has 0 fully saturated rings. The van der Waals surface area contributed by atoms with Gasteiger partial charge in [0, 0.05) is 0 Å². The third-order valence-electron chi connectivity index (χ3n) is 9.13. The number of unbranched alkanes of at least 4 members (excludes halogenated alkanes) is 2. The molecule has 224 valence electrons. The topological polar surface area (TPSA) is 0 Å². The molecule has 0 heterocycles. The second kappa shape index (κ2) is 17.4. The Kier molecular flexibility index (Phi) is 17.0. The molecule has 0 radical (unpaired) electrons. The van der Waals surface area contributed by atoms with Gasteiger partial charge in [-0.25, -0.2) is 5.57 Å². The SMILES string of the molecule is CCCCc1ccc([Si](c2ccc(CCCC)cc2)(c2cc(C)cc(C)c2)C2(C)[C-]=C(C)C(C)=C2C)cc1.[Cl-].[Cl-].[Cl-].[Ti+4]. The van der Waals surface area contributed by atoms with Crippen molar-refractivity contribution >= 4 is 23.6 Å². The second-order valence-corrected chi connectivity index (χ2v) is 16.1. The summed E-state index contributed by atoms with van der Waals surface area (Å²) in [5.74, 6) is 0. The van der Waals surface area contributed by atoms with Crippen molar-refractivity contribution in [2.24, 2.45) is 0 Å². The molecule has 3 aromatic carbocycles. The predicted octanol–water partition coefficient (Wildman–Crippen LogP) is -0.672. The molecule has 0 saturated heterocycles. The molecule has 3 aromatic rings. The van der Waals surface area contributed by atoms with E-state index in [1.54, 1.807) is 0 Å². The summed E-state index contributed by atoms with van der Waals surface area (Å²) in [5, 5.41) is 4.29. The zero-order valence-corrected chi connectivity index (χ0v) is 31.6. The van der Waals surface area contributed by atoms with Crippen molar-refractivity contribution < 1.29 is 58.9 Å². The summed E-state index contributed by atoms with van der Waals surface area (Å²) >= 11 is 0. The first kappa shape index (κ1) is 40.9. The Hall–Kier alpha value is -1.06. The minimum Gasteiger partial charge on any atom is -1.00 e. The maximum absolute atomic E-state index is 4.11. The van der Waals surface area contributed by atoms with Gasteiger partial charge in [-0.15, -0.1) is 6.92 Å². The number of benzene rings is 3. The molecule has 4 rings (SSSR count). The van der Waals surface area contributed by atoms with E-state index in [4.69, 9.17) is 0 Å². The van der Waals surface area contributed by atoms with Crippen molar-refractivity contribution in [2.75, 3.05) is 0 Å². The first-order chi connectivity index (χ1) is 18.2. The van der Waals surface area contributed by atoms with Gasteiger partial charge < -0.3 is 37.2 Å². The van der Waals surface area contributed by atoms with Crippen LogP contribution in [0.2, 0.25) is 5.04 Å². The van der Waals surface area contributed by atoms with Gasteiger partial charge in [0.1, 0.15) is 8.07 Å². The van der Waals surface area contributed by atoms with E-state index in [0.717, 1.165) is 12.8 Å². The number of hydrogen-bond acceptors (Lipinski definition) is 0. The summed E-state index contributed by atoms with van der Waals surface area (Å²) < 4.78 is 0. The van der Waals surface area contributed by atoms with Crippen LogP contribution < -0.4 is 52.8 Å². The van der Waals surface area contributed by atoms with Crippen LogP contribution in [0.15, 0.2) is 83.4 Å². The fourth-order valence-corrected chi connectivity index (χ4v) is 12.8. The Balaban J connectivity index is 0.00000420. The van der Waals surface area contributed by atoms with Crippen LogP contribution in [0.1, 0.15) is 89.5 Å². The number of rotatable bonds is 10. The van der Waals surface area contributed by atoms with E-state index in [2.05, 4.69) is 128 Å². The van der Waals surface area contributed by atoms with E-state index in [0.29, 0.717) is 0 Å². The molecular formula is C37H47Cl3SiTi. The largest absolute Gasteiger partial charge is 4.00 e. The molecule has 0 aliphatic heterocycles. The molecule has 0 bridgehead atoms. The van der Waals surface area contributed by atoms with E-state index in [9.17, 15) is 0 Å². The van der Waals surface area contributed by atoms with Gasteiger partial charge in [0.15, 0.2) is 0 Å². The van der Waals surface area contributed by atoms with Crippen LogP contribution >= 0.6 is 0 Å². The minimum atomic E-state index is -2.62. The Morgan fingerprint density at radius 1 is 0.619 bits per heavy atom. The first-order valence-corrected chi connectivity index (χ1v) is 16.7. The number of allylic oxidation sites excluding steroid dienone is 4. The van der Waals surface area contributed by atoms with Crippen molar-refractivity contribution in [3.05, 3.63) is 112 Å². The number of hydrogen-bond donors (Lipinski definition) is 0. The summed E-state index contributed by atoms with van der Waals surface area (Å²) in [4.78, 5) is 0. The summed E-state index contributed by atoms with van der Waals surface area (Å²) in [6.45, 7) is 18.5. The number of halogens is 3. The van der Waals surface area contributed by atoms with Gasteiger partial charge in [-0.2, -0.15) is 11.1 Å².